The lowest BCUT2D eigenvalue weighted by atomic mass is 10.0. The summed E-state index contributed by atoms with van der Waals surface area (Å²) in [5.74, 6) is 0.758. The maximum absolute atomic E-state index is 12.2. The molecule has 4 aromatic rings. The SMILES string of the molecule is FC(F)Oc1ccc(/C=N\n2c(Cc3cccc4ccccc34)n[nH]c2=S)cc1. The number of ether oxygens (including phenoxy) is 1. The maximum Gasteiger partial charge on any atom is 0.387 e. The summed E-state index contributed by atoms with van der Waals surface area (Å²) in [5, 5.41) is 13.8. The van der Waals surface area contributed by atoms with Gasteiger partial charge in [-0.05, 0) is 58.4 Å². The van der Waals surface area contributed by atoms with Crippen LogP contribution in [0.25, 0.3) is 10.8 Å². The molecule has 5 nitrogen and oxygen atoms in total. The van der Waals surface area contributed by atoms with Gasteiger partial charge in [-0.3, -0.25) is 5.10 Å². The monoisotopic (exact) mass is 410 g/mol. The fourth-order valence-electron chi connectivity index (χ4n) is 3.03. The van der Waals surface area contributed by atoms with Gasteiger partial charge in [-0.25, -0.2) is 0 Å². The van der Waals surface area contributed by atoms with Gasteiger partial charge in [0.15, 0.2) is 5.82 Å². The molecule has 8 heteroatoms. The van der Waals surface area contributed by atoms with Crippen LogP contribution in [0.5, 0.6) is 5.75 Å². The van der Waals surface area contributed by atoms with Crippen LogP contribution in [0.15, 0.2) is 71.8 Å². The van der Waals surface area contributed by atoms with Crippen molar-refractivity contribution in [1.82, 2.24) is 14.9 Å². The quantitative estimate of drug-likeness (QED) is 0.353. The van der Waals surface area contributed by atoms with Crippen molar-refractivity contribution in [2.75, 3.05) is 0 Å². The van der Waals surface area contributed by atoms with Crippen molar-refractivity contribution in [3.8, 4) is 5.75 Å². The van der Waals surface area contributed by atoms with Crippen LogP contribution in [0.2, 0.25) is 0 Å². The third-order valence-electron chi connectivity index (χ3n) is 4.37. The van der Waals surface area contributed by atoms with Crippen molar-refractivity contribution in [2.45, 2.75) is 13.0 Å². The second-order valence-electron chi connectivity index (χ2n) is 6.26. The smallest absolute Gasteiger partial charge is 0.387 e. The summed E-state index contributed by atoms with van der Waals surface area (Å²) >= 11 is 5.30. The molecule has 0 saturated heterocycles. The van der Waals surface area contributed by atoms with E-state index >= 15 is 0 Å². The van der Waals surface area contributed by atoms with Crippen LogP contribution < -0.4 is 4.74 Å². The number of fused-ring (bicyclic) bond motifs is 1. The highest BCUT2D eigenvalue weighted by Crippen LogP contribution is 2.21. The van der Waals surface area contributed by atoms with Gasteiger partial charge < -0.3 is 4.74 Å². The minimum absolute atomic E-state index is 0.0914. The number of benzene rings is 3. The highest BCUT2D eigenvalue weighted by molar-refractivity contribution is 7.71. The molecule has 1 heterocycles. The van der Waals surface area contributed by atoms with Crippen LogP contribution in [0, 0.1) is 4.77 Å². The lowest BCUT2D eigenvalue weighted by molar-refractivity contribution is -0.0498. The zero-order valence-electron chi connectivity index (χ0n) is 15.1. The predicted octanol–water partition coefficient (Wildman–Crippen LogP) is 5.17. The normalized spacial score (nSPS) is 11.6. The van der Waals surface area contributed by atoms with Gasteiger partial charge in [0.1, 0.15) is 5.75 Å². The average molecular weight is 410 g/mol. The number of rotatable bonds is 6. The summed E-state index contributed by atoms with van der Waals surface area (Å²) in [5.41, 5.74) is 1.83. The highest BCUT2D eigenvalue weighted by Gasteiger charge is 2.09. The van der Waals surface area contributed by atoms with Gasteiger partial charge >= 0.3 is 6.61 Å². The number of hydrogen-bond donors (Lipinski definition) is 1. The van der Waals surface area contributed by atoms with Gasteiger partial charge in [0.25, 0.3) is 0 Å². The van der Waals surface area contributed by atoms with Gasteiger partial charge in [-0.15, -0.1) is 0 Å². The molecule has 0 fully saturated rings. The van der Waals surface area contributed by atoms with E-state index in [1.54, 1.807) is 23.0 Å². The van der Waals surface area contributed by atoms with Crippen LogP contribution >= 0.6 is 12.2 Å². The molecule has 146 valence electrons. The van der Waals surface area contributed by atoms with Crippen molar-refractivity contribution in [2.24, 2.45) is 5.10 Å². The van der Waals surface area contributed by atoms with Crippen LogP contribution in [0.1, 0.15) is 17.0 Å². The number of nitrogens with zero attached hydrogens (tertiary/aromatic N) is 3. The lowest BCUT2D eigenvalue weighted by Gasteiger charge is -2.06. The standard InChI is InChI=1S/C21H16F2N4OS/c22-20(23)28-17-10-8-14(9-11-17)13-24-27-19(25-26-21(27)29)12-16-6-3-5-15-4-1-2-7-18(15)16/h1-11,13,20H,12H2,(H,26,29)/b24-13-. The number of aromatic amines is 1. The third kappa shape index (κ3) is 4.38. The minimum Gasteiger partial charge on any atom is -0.435 e. The van der Waals surface area contributed by atoms with Gasteiger partial charge in [0.05, 0.1) is 6.21 Å². The van der Waals surface area contributed by atoms with E-state index in [0.29, 0.717) is 22.6 Å². The van der Waals surface area contributed by atoms with Crippen molar-refractivity contribution < 1.29 is 13.5 Å². The van der Waals surface area contributed by atoms with E-state index in [4.69, 9.17) is 12.2 Å². The van der Waals surface area contributed by atoms with E-state index in [1.807, 2.05) is 18.2 Å². The molecule has 3 aromatic carbocycles. The first-order chi connectivity index (χ1) is 14.1. The van der Waals surface area contributed by atoms with E-state index in [0.717, 1.165) is 16.3 Å². The molecule has 29 heavy (non-hydrogen) atoms. The predicted molar refractivity (Wildman–Crippen MR) is 110 cm³/mol. The molecule has 0 spiro atoms. The fraction of sp³-hybridized carbons (Fsp3) is 0.0952. The highest BCUT2D eigenvalue weighted by atomic mass is 32.1. The summed E-state index contributed by atoms with van der Waals surface area (Å²) in [6.07, 6.45) is 2.14. The second kappa shape index (κ2) is 8.32. The van der Waals surface area contributed by atoms with Crippen molar-refractivity contribution in [1.29, 1.82) is 0 Å². The Hall–Kier alpha value is -3.39. The van der Waals surface area contributed by atoms with Gasteiger partial charge in [0.2, 0.25) is 4.77 Å². The number of hydrogen-bond acceptors (Lipinski definition) is 4. The van der Waals surface area contributed by atoms with E-state index in [2.05, 4.69) is 44.3 Å². The Labute approximate surface area is 170 Å². The zero-order chi connectivity index (χ0) is 20.2. The Morgan fingerprint density at radius 3 is 2.62 bits per heavy atom. The Bertz CT molecular complexity index is 1210. The zero-order valence-corrected chi connectivity index (χ0v) is 15.9. The van der Waals surface area contributed by atoms with Crippen molar-refractivity contribution in [3.63, 3.8) is 0 Å². The van der Waals surface area contributed by atoms with Crippen LogP contribution in [0.3, 0.4) is 0 Å². The molecule has 0 aliphatic carbocycles. The number of halogens is 2. The summed E-state index contributed by atoms with van der Waals surface area (Å²) < 4.78 is 30.8. The fourth-order valence-corrected chi connectivity index (χ4v) is 3.23. The van der Waals surface area contributed by atoms with Crippen molar-refractivity contribution in [3.05, 3.63) is 88.5 Å². The molecule has 0 aliphatic rings. The summed E-state index contributed by atoms with van der Waals surface area (Å²) in [7, 11) is 0. The minimum atomic E-state index is -2.85. The summed E-state index contributed by atoms with van der Waals surface area (Å²) in [4.78, 5) is 0. The van der Waals surface area contributed by atoms with Crippen LogP contribution in [-0.4, -0.2) is 27.7 Å². The van der Waals surface area contributed by atoms with Crippen molar-refractivity contribution >= 4 is 29.2 Å². The first-order valence-corrected chi connectivity index (χ1v) is 9.23. The molecular formula is C21H16F2N4OS. The molecule has 0 unspecified atom stereocenters. The Morgan fingerprint density at radius 2 is 1.83 bits per heavy atom. The molecule has 1 N–H and O–H groups in total. The van der Waals surface area contributed by atoms with E-state index in [9.17, 15) is 8.78 Å². The van der Waals surface area contributed by atoms with Crippen LogP contribution in [-0.2, 0) is 6.42 Å². The molecule has 1 aromatic heterocycles. The average Bonchev–Trinajstić information content (AvgIpc) is 3.07. The molecule has 0 atom stereocenters. The number of H-pyrrole nitrogens is 1. The lowest BCUT2D eigenvalue weighted by Crippen LogP contribution is -2.02. The maximum atomic E-state index is 12.2. The summed E-state index contributed by atoms with van der Waals surface area (Å²) in [6.45, 7) is -2.85. The Balaban J connectivity index is 1.59. The first-order valence-electron chi connectivity index (χ1n) is 8.82. The Morgan fingerprint density at radius 1 is 1.07 bits per heavy atom. The first kappa shape index (κ1) is 18.9. The number of alkyl halides is 2. The molecule has 0 amide bonds. The van der Waals surface area contributed by atoms with Crippen LogP contribution in [0.4, 0.5) is 8.78 Å². The van der Waals surface area contributed by atoms with Gasteiger partial charge in [-0.2, -0.15) is 23.7 Å². The van der Waals surface area contributed by atoms with Gasteiger partial charge in [-0.1, -0.05) is 42.5 Å². The molecule has 0 saturated carbocycles. The van der Waals surface area contributed by atoms with E-state index < -0.39 is 6.61 Å². The van der Waals surface area contributed by atoms with Gasteiger partial charge in [0, 0.05) is 6.42 Å². The van der Waals surface area contributed by atoms with E-state index in [-0.39, 0.29) is 5.75 Å². The van der Waals surface area contributed by atoms with E-state index in [1.165, 1.54) is 12.1 Å². The second-order valence-corrected chi connectivity index (χ2v) is 6.65. The molecule has 0 bridgehead atoms. The molecule has 0 radical (unpaired) electrons. The Kier molecular flexibility index (Phi) is 5.44. The third-order valence-corrected chi connectivity index (χ3v) is 4.64. The topological polar surface area (TPSA) is 55.2 Å². The molecule has 4 rings (SSSR count). The largest absolute Gasteiger partial charge is 0.435 e. The number of nitrogens with one attached hydrogen (secondary N) is 1. The molecular weight excluding hydrogens is 394 g/mol. The molecule has 0 aliphatic heterocycles. The number of aromatic nitrogens is 3. The summed E-state index contributed by atoms with van der Waals surface area (Å²) in [6, 6.07) is 20.5.